The second-order valence-corrected chi connectivity index (χ2v) is 7.17. The molecule has 4 rings (SSSR count). The Hall–Kier alpha value is -1.00. The van der Waals surface area contributed by atoms with Crippen molar-refractivity contribution in [3.8, 4) is 0 Å². The van der Waals surface area contributed by atoms with Crippen molar-refractivity contribution in [2.45, 2.75) is 31.5 Å². The van der Waals surface area contributed by atoms with Gasteiger partial charge >= 0.3 is 5.97 Å². The number of piperidine rings is 1. The van der Waals surface area contributed by atoms with E-state index in [0.717, 1.165) is 5.56 Å². The van der Waals surface area contributed by atoms with Crippen LogP contribution in [0.25, 0.3) is 0 Å². The molecule has 3 aliphatic rings. The number of carbonyl (C=O) groups is 1. The van der Waals surface area contributed by atoms with E-state index in [1.807, 2.05) is 30.3 Å². The Morgan fingerprint density at radius 2 is 2.20 bits per heavy atom. The molecule has 3 fully saturated rings. The lowest BCUT2D eigenvalue weighted by Crippen LogP contribution is -2.77. The highest BCUT2D eigenvalue weighted by molar-refractivity contribution is 7.99. The topological polar surface area (TPSA) is 29.5 Å². The molecular weight excluding hydrogens is 270 g/mol. The van der Waals surface area contributed by atoms with Gasteiger partial charge in [0.05, 0.1) is 6.54 Å². The van der Waals surface area contributed by atoms with Crippen LogP contribution in [-0.2, 0) is 16.1 Å². The predicted molar refractivity (Wildman–Crippen MR) is 79.5 cm³/mol. The van der Waals surface area contributed by atoms with Gasteiger partial charge in [-0.15, -0.1) is 0 Å². The number of nitrogens with zero attached hydrogens (tertiary/aromatic N) is 1. The van der Waals surface area contributed by atoms with Crippen molar-refractivity contribution in [1.82, 2.24) is 4.90 Å². The zero-order chi connectivity index (χ0) is 13.6. The van der Waals surface area contributed by atoms with Crippen LogP contribution in [0.5, 0.6) is 0 Å². The van der Waals surface area contributed by atoms with Gasteiger partial charge in [-0.1, -0.05) is 30.3 Å². The lowest BCUT2D eigenvalue weighted by atomic mass is 9.54. The fourth-order valence-corrected chi connectivity index (χ4v) is 5.81. The third kappa shape index (κ3) is 1.81. The van der Waals surface area contributed by atoms with E-state index in [0.29, 0.717) is 30.7 Å². The third-order valence-electron chi connectivity index (χ3n) is 5.21. The van der Waals surface area contributed by atoms with E-state index in [9.17, 15) is 4.79 Å². The molecule has 2 saturated heterocycles. The summed E-state index contributed by atoms with van der Waals surface area (Å²) in [6.45, 7) is 0.868. The average molecular weight is 289 g/mol. The largest absolute Gasteiger partial charge is 0.460 e. The molecule has 1 aromatic rings. The van der Waals surface area contributed by atoms with Crippen LogP contribution >= 0.6 is 11.8 Å². The molecule has 2 heterocycles. The molecule has 3 unspecified atom stereocenters. The molecule has 1 saturated carbocycles. The first-order chi connectivity index (χ1) is 9.79. The van der Waals surface area contributed by atoms with Crippen molar-refractivity contribution in [2.24, 2.45) is 5.41 Å². The quantitative estimate of drug-likeness (QED) is 0.796. The van der Waals surface area contributed by atoms with Crippen molar-refractivity contribution >= 4 is 17.7 Å². The zero-order valence-corrected chi connectivity index (χ0v) is 12.3. The molecule has 1 aliphatic carbocycles. The molecule has 3 atom stereocenters. The maximum absolute atomic E-state index is 12.0. The maximum atomic E-state index is 12.0. The van der Waals surface area contributed by atoms with Crippen LogP contribution in [0.4, 0.5) is 0 Å². The molecule has 0 bridgehead atoms. The van der Waals surface area contributed by atoms with E-state index in [1.54, 1.807) is 0 Å². The van der Waals surface area contributed by atoms with E-state index < -0.39 is 0 Å². The van der Waals surface area contributed by atoms with Gasteiger partial charge in [0.1, 0.15) is 6.61 Å². The number of esters is 1. The number of thioether (sulfide) groups is 1. The van der Waals surface area contributed by atoms with Gasteiger partial charge in [0.25, 0.3) is 0 Å². The number of ether oxygens (including phenoxy) is 1. The van der Waals surface area contributed by atoms with Crippen LogP contribution in [0.3, 0.4) is 0 Å². The van der Waals surface area contributed by atoms with Crippen LogP contribution in [0, 0.1) is 5.41 Å². The molecular formula is C16H19NO2S. The number of rotatable bonds is 4. The number of carbonyl (C=O) groups excluding carboxylic acids is 1. The smallest absolute Gasteiger partial charge is 0.320 e. The SMILES string of the molecule is O=C(CN1C2CCC23CSCC13)OCc1ccccc1. The summed E-state index contributed by atoms with van der Waals surface area (Å²) in [5.74, 6) is 2.42. The lowest BCUT2D eigenvalue weighted by Gasteiger charge is -2.67. The Bertz CT molecular complexity index is 520. The van der Waals surface area contributed by atoms with E-state index in [2.05, 4.69) is 16.7 Å². The fourth-order valence-electron chi connectivity index (χ4n) is 4.03. The van der Waals surface area contributed by atoms with Gasteiger partial charge in [0.2, 0.25) is 0 Å². The number of hydrogen-bond acceptors (Lipinski definition) is 4. The average Bonchev–Trinajstić information content (AvgIpc) is 2.89. The predicted octanol–water partition coefficient (Wildman–Crippen LogP) is 2.31. The summed E-state index contributed by atoms with van der Waals surface area (Å²) in [6, 6.07) is 11.2. The highest BCUT2D eigenvalue weighted by Gasteiger charge is 2.67. The summed E-state index contributed by atoms with van der Waals surface area (Å²) < 4.78 is 5.40. The summed E-state index contributed by atoms with van der Waals surface area (Å²) in [4.78, 5) is 14.4. The Morgan fingerprint density at radius 1 is 1.35 bits per heavy atom. The first-order valence-electron chi connectivity index (χ1n) is 7.33. The Labute approximate surface area is 123 Å². The van der Waals surface area contributed by atoms with Gasteiger partial charge in [0, 0.05) is 29.0 Å². The molecule has 4 heteroatoms. The molecule has 3 nitrogen and oxygen atoms in total. The molecule has 1 spiro atoms. The Balaban J connectivity index is 1.31. The Kier molecular flexibility index (Phi) is 3.04. The lowest BCUT2D eigenvalue weighted by molar-refractivity contribution is -0.188. The molecule has 0 N–H and O–H groups in total. The molecule has 20 heavy (non-hydrogen) atoms. The maximum Gasteiger partial charge on any atom is 0.320 e. The monoisotopic (exact) mass is 289 g/mol. The number of likely N-dealkylation sites (tertiary alicyclic amines) is 1. The molecule has 1 aromatic carbocycles. The van der Waals surface area contributed by atoms with Crippen molar-refractivity contribution in [3.05, 3.63) is 35.9 Å². The number of benzene rings is 1. The molecule has 0 aromatic heterocycles. The van der Waals surface area contributed by atoms with Crippen LogP contribution in [0.1, 0.15) is 18.4 Å². The fraction of sp³-hybridized carbons (Fsp3) is 0.562. The van der Waals surface area contributed by atoms with E-state index >= 15 is 0 Å². The first-order valence-corrected chi connectivity index (χ1v) is 8.48. The summed E-state index contributed by atoms with van der Waals surface area (Å²) in [6.07, 6.45) is 2.63. The van der Waals surface area contributed by atoms with Crippen LogP contribution < -0.4 is 0 Å². The standard InChI is InChI=1S/C16H19NO2S/c18-15(19-9-12-4-2-1-3-5-12)8-17-13-6-7-16(13)11-20-10-14(16)17/h1-5,13-14H,6-11H2. The van der Waals surface area contributed by atoms with E-state index in [1.165, 1.54) is 24.3 Å². The minimum absolute atomic E-state index is 0.0775. The summed E-state index contributed by atoms with van der Waals surface area (Å²) in [5.41, 5.74) is 1.63. The van der Waals surface area contributed by atoms with Gasteiger partial charge in [-0.3, -0.25) is 9.69 Å². The van der Waals surface area contributed by atoms with Gasteiger partial charge in [0.15, 0.2) is 0 Å². The minimum Gasteiger partial charge on any atom is -0.460 e. The van der Waals surface area contributed by atoms with Crippen molar-refractivity contribution in [2.75, 3.05) is 18.1 Å². The van der Waals surface area contributed by atoms with Gasteiger partial charge in [-0.2, -0.15) is 11.8 Å². The summed E-state index contributed by atoms with van der Waals surface area (Å²) in [7, 11) is 0. The second kappa shape index (κ2) is 4.78. The van der Waals surface area contributed by atoms with Gasteiger partial charge in [-0.25, -0.2) is 0 Å². The molecule has 106 valence electrons. The minimum atomic E-state index is -0.0775. The van der Waals surface area contributed by atoms with Gasteiger partial charge < -0.3 is 4.74 Å². The highest BCUT2D eigenvalue weighted by Crippen LogP contribution is 2.63. The zero-order valence-electron chi connectivity index (χ0n) is 11.5. The summed E-state index contributed by atoms with van der Waals surface area (Å²) in [5, 5.41) is 0. The van der Waals surface area contributed by atoms with Crippen molar-refractivity contribution in [1.29, 1.82) is 0 Å². The van der Waals surface area contributed by atoms with Crippen molar-refractivity contribution < 1.29 is 9.53 Å². The van der Waals surface area contributed by atoms with Gasteiger partial charge in [-0.05, 0) is 18.4 Å². The molecule has 2 aliphatic heterocycles. The second-order valence-electron chi connectivity index (χ2n) is 6.14. The van der Waals surface area contributed by atoms with Crippen molar-refractivity contribution in [3.63, 3.8) is 0 Å². The first kappa shape index (κ1) is 12.7. The number of hydrogen-bond donors (Lipinski definition) is 0. The van der Waals surface area contributed by atoms with Crippen LogP contribution in [0.2, 0.25) is 0 Å². The molecule has 0 amide bonds. The summed E-state index contributed by atoms with van der Waals surface area (Å²) >= 11 is 2.05. The normalized spacial score (nSPS) is 34.6. The van der Waals surface area contributed by atoms with Crippen LogP contribution in [0.15, 0.2) is 30.3 Å². The van der Waals surface area contributed by atoms with E-state index in [-0.39, 0.29) is 5.97 Å². The highest BCUT2D eigenvalue weighted by atomic mass is 32.2. The van der Waals surface area contributed by atoms with Crippen LogP contribution in [-0.4, -0.2) is 41.0 Å². The molecule has 0 radical (unpaired) electrons. The third-order valence-corrected chi connectivity index (χ3v) is 6.51. The van der Waals surface area contributed by atoms with E-state index in [4.69, 9.17) is 4.74 Å². The Morgan fingerprint density at radius 3 is 2.95 bits per heavy atom.